The highest BCUT2D eigenvalue weighted by Crippen LogP contribution is 2.32. The summed E-state index contributed by atoms with van der Waals surface area (Å²) in [5.41, 5.74) is 5.69. The van der Waals surface area contributed by atoms with Crippen molar-refractivity contribution in [1.82, 2.24) is 19.7 Å². The van der Waals surface area contributed by atoms with Crippen LogP contribution in [0, 0.1) is 12.8 Å². The summed E-state index contributed by atoms with van der Waals surface area (Å²) in [6.07, 6.45) is -5.32. The Balaban J connectivity index is 0.000000286. The fourth-order valence-corrected chi connectivity index (χ4v) is 4.14. The van der Waals surface area contributed by atoms with Crippen LogP contribution in [0.4, 0.5) is 26.3 Å². The molecule has 2 aromatic heterocycles. The van der Waals surface area contributed by atoms with Gasteiger partial charge in [0.05, 0.1) is 23.5 Å². The third-order valence-electron chi connectivity index (χ3n) is 5.26. The maximum absolute atomic E-state index is 10.6. The molecule has 2 N–H and O–H groups in total. The molecule has 9 nitrogen and oxygen atoms in total. The summed E-state index contributed by atoms with van der Waals surface area (Å²) in [6, 6.07) is 0. The number of hydrogen-bond donors (Lipinski definition) is 2. The lowest BCUT2D eigenvalue weighted by Gasteiger charge is -2.31. The maximum atomic E-state index is 10.6. The minimum atomic E-state index is -5.08. The number of halogens is 6. The van der Waals surface area contributed by atoms with Crippen LogP contribution in [0.25, 0.3) is 0 Å². The number of alkyl halides is 6. The number of carboxylic acids is 2. The largest absolute Gasteiger partial charge is 0.490 e. The topological polar surface area (TPSA) is 118 Å². The molecule has 0 aromatic carbocycles. The van der Waals surface area contributed by atoms with Crippen molar-refractivity contribution in [2.45, 2.75) is 51.1 Å². The molecule has 208 valence electrons. The van der Waals surface area contributed by atoms with Crippen LogP contribution in [0.1, 0.15) is 40.6 Å². The van der Waals surface area contributed by atoms with Gasteiger partial charge in [-0.15, -0.1) is 11.3 Å². The second-order valence-electron chi connectivity index (χ2n) is 8.53. The van der Waals surface area contributed by atoms with E-state index in [0.29, 0.717) is 5.92 Å². The van der Waals surface area contributed by atoms with Gasteiger partial charge in [-0.05, 0) is 25.7 Å². The van der Waals surface area contributed by atoms with Crippen molar-refractivity contribution in [3.63, 3.8) is 0 Å². The van der Waals surface area contributed by atoms with Crippen LogP contribution in [0.2, 0.25) is 0 Å². The van der Waals surface area contributed by atoms with E-state index in [1.807, 2.05) is 17.2 Å². The lowest BCUT2D eigenvalue weighted by Crippen LogP contribution is -2.35. The summed E-state index contributed by atoms with van der Waals surface area (Å²) in [5.74, 6) is -4.32. The van der Waals surface area contributed by atoms with Crippen LogP contribution >= 0.6 is 11.3 Å². The highest BCUT2D eigenvalue weighted by molar-refractivity contribution is 7.09. The quantitative estimate of drug-likeness (QED) is 0.510. The van der Waals surface area contributed by atoms with Gasteiger partial charge in [-0.2, -0.15) is 31.4 Å². The van der Waals surface area contributed by atoms with E-state index in [-0.39, 0.29) is 0 Å². The van der Waals surface area contributed by atoms with E-state index in [2.05, 4.69) is 23.0 Å². The zero-order valence-electron chi connectivity index (χ0n) is 19.8. The molecule has 2 aliphatic rings. The molecule has 1 atom stereocenters. The Kier molecular flexibility index (Phi) is 10.5. The summed E-state index contributed by atoms with van der Waals surface area (Å²) < 4.78 is 71.4. The van der Waals surface area contributed by atoms with Gasteiger partial charge in [0, 0.05) is 55.8 Å². The number of ether oxygens (including phenoxy) is 1. The van der Waals surface area contributed by atoms with Crippen LogP contribution in [0.3, 0.4) is 0 Å². The van der Waals surface area contributed by atoms with Gasteiger partial charge < -0.3 is 14.9 Å². The summed E-state index contributed by atoms with van der Waals surface area (Å²) in [4.78, 5) is 26.0. The van der Waals surface area contributed by atoms with E-state index in [4.69, 9.17) is 29.6 Å². The van der Waals surface area contributed by atoms with E-state index in [0.717, 1.165) is 44.5 Å². The van der Waals surface area contributed by atoms with Gasteiger partial charge in [0.25, 0.3) is 0 Å². The second-order valence-corrected chi connectivity index (χ2v) is 9.47. The molecule has 0 saturated heterocycles. The van der Waals surface area contributed by atoms with Crippen molar-refractivity contribution in [3.05, 3.63) is 33.5 Å². The molecule has 1 fully saturated rings. The molecule has 0 bridgehead atoms. The molecule has 0 radical (unpaired) electrons. The number of hydrogen-bond acceptors (Lipinski definition) is 7. The third kappa shape index (κ3) is 10.3. The smallest absolute Gasteiger partial charge is 0.475 e. The van der Waals surface area contributed by atoms with Gasteiger partial charge in [0.15, 0.2) is 0 Å². The lowest BCUT2D eigenvalue weighted by atomic mass is 9.97. The maximum Gasteiger partial charge on any atom is 0.490 e. The average Bonchev–Trinajstić information content (AvgIpc) is 3.38. The van der Waals surface area contributed by atoms with Gasteiger partial charge in [0.1, 0.15) is 0 Å². The van der Waals surface area contributed by atoms with E-state index in [1.165, 1.54) is 29.0 Å². The number of nitrogens with zero attached hydrogens (tertiary/aromatic N) is 4. The van der Waals surface area contributed by atoms with Crippen molar-refractivity contribution in [2.75, 3.05) is 19.8 Å². The summed E-state index contributed by atoms with van der Waals surface area (Å²) in [7, 11) is 2.01. The summed E-state index contributed by atoms with van der Waals surface area (Å²) >= 11 is 1.76. The second kappa shape index (κ2) is 12.7. The van der Waals surface area contributed by atoms with Crippen molar-refractivity contribution in [3.8, 4) is 0 Å². The lowest BCUT2D eigenvalue weighted by molar-refractivity contribution is -0.193. The Morgan fingerprint density at radius 3 is 2.14 bits per heavy atom. The molecule has 1 aliphatic carbocycles. The van der Waals surface area contributed by atoms with Crippen LogP contribution in [0.5, 0.6) is 0 Å². The molecule has 0 amide bonds. The van der Waals surface area contributed by atoms with Gasteiger partial charge >= 0.3 is 24.3 Å². The van der Waals surface area contributed by atoms with E-state index < -0.39 is 24.3 Å². The van der Waals surface area contributed by atoms with Crippen molar-refractivity contribution in [1.29, 1.82) is 0 Å². The minimum absolute atomic E-state index is 0.381. The molecule has 37 heavy (non-hydrogen) atoms. The normalized spacial score (nSPS) is 17.7. The number of thiazole rings is 1. The predicted molar refractivity (Wildman–Crippen MR) is 118 cm³/mol. The molecular formula is C21H26F6N4O5S. The van der Waals surface area contributed by atoms with Crippen LogP contribution in [0.15, 0.2) is 11.7 Å². The van der Waals surface area contributed by atoms with Crippen molar-refractivity contribution < 1.29 is 50.9 Å². The molecule has 1 aliphatic heterocycles. The highest BCUT2D eigenvalue weighted by atomic mass is 32.1. The van der Waals surface area contributed by atoms with Gasteiger partial charge in [-0.25, -0.2) is 14.6 Å². The van der Waals surface area contributed by atoms with Gasteiger partial charge in [-0.1, -0.05) is 0 Å². The van der Waals surface area contributed by atoms with Gasteiger partial charge in [0.2, 0.25) is 0 Å². The molecule has 2 aromatic rings. The molecule has 16 heteroatoms. The number of aromatic nitrogens is 3. The average molecular weight is 561 g/mol. The number of rotatable bonds is 6. The first-order valence-corrected chi connectivity index (χ1v) is 11.8. The first kappa shape index (κ1) is 30.5. The zero-order chi connectivity index (χ0) is 28.0. The highest BCUT2D eigenvalue weighted by Gasteiger charge is 2.39. The number of fused-ring (bicyclic) bond motifs is 1. The first-order chi connectivity index (χ1) is 17.1. The molecule has 1 saturated carbocycles. The fraction of sp³-hybridized carbons (Fsp3) is 0.619. The minimum Gasteiger partial charge on any atom is -0.475 e. The molecular weight excluding hydrogens is 534 g/mol. The van der Waals surface area contributed by atoms with Gasteiger partial charge in [-0.3, -0.25) is 9.58 Å². The Hall–Kier alpha value is -2.72. The number of carbonyl (C=O) groups is 2. The fourth-order valence-electron chi connectivity index (χ4n) is 3.32. The van der Waals surface area contributed by atoms with E-state index >= 15 is 0 Å². The van der Waals surface area contributed by atoms with Crippen molar-refractivity contribution >= 4 is 23.3 Å². The number of aryl methyl sites for hydroxylation is 2. The Labute approximate surface area is 211 Å². The first-order valence-electron chi connectivity index (χ1n) is 10.9. The predicted octanol–water partition coefficient (Wildman–Crippen LogP) is 3.98. The summed E-state index contributed by atoms with van der Waals surface area (Å²) in [5, 5.41) is 18.9. The monoisotopic (exact) mass is 560 g/mol. The summed E-state index contributed by atoms with van der Waals surface area (Å²) in [6.45, 7) is 6.78. The van der Waals surface area contributed by atoms with E-state index in [9.17, 15) is 26.3 Å². The number of carboxylic acid groups (broad SMARTS) is 2. The van der Waals surface area contributed by atoms with Crippen LogP contribution in [-0.4, -0.2) is 73.9 Å². The van der Waals surface area contributed by atoms with Crippen LogP contribution in [-0.2, 0) is 34.5 Å². The SMILES string of the molecule is Cc1ncsc1CN1Cc2cn(C)nc2C(COCC2CC2)C1.O=C(O)C(F)(F)F.O=C(O)C(F)(F)F. The Morgan fingerprint density at radius 2 is 1.68 bits per heavy atom. The van der Waals surface area contributed by atoms with E-state index in [1.54, 1.807) is 11.3 Å². The molecule has 4 rings (SSSR count). The Morgan fingerprint density at radius 1 is 1.11 bits per heavy atom. The Bertz CT molecular complexity index is 1030. The molecule has 1 unspecified atom stereocenters. The zero-order valence-corrected chi connectivity index (χ0v) is 20.7. The third-order valence-corrected chi connectivity index (χ3v) is 6.18. The molecule has 3 heterocycles. The van der Waals surface area contributed by atoms with Crippen molar-refractivity contribution in [2.24, 2.45) is 13.0 Å². The standard InChI is InChI=1S/C17H24N4OS.2C2HF3O2/c1-12-16(23-11-18-12)8-21-6-14-5-20(2)19-17(14)15(7-21)10-22-9-13-3-4-13;2*3-2(4,5)1(6)7/h5,11,13,15H,3-4,6-10H2,1-2H3;2*(H,6,7). The number of aliphatic carboxylic acids is 2. The molecule has 0 spiro atoms. The van der Waals surface area contributed by atoms with Crippen LogP contribution < -0.4 is 0 Å².